The number of hydrogen-bond donors (Lipinski definition) is 1. The fourth-order valence-electron chi connectivity index (χ4n) is 5.54. The zero-order chi connectivity index (χ0) is 31.4. The van der Waals surface area contributed by atoms with Gasteiger partial charge in [0.05, 0.1) is 11.6 Å². The van der Waals surface area contributed by atoms with Crippen LogP contribution in [0.15, 0.2) is 60.8 Å². The zero-order valence-corrected chi connectivity index (χ0v) is 24.0. The third-order valence-electron chi connectivity index (χ3n) is 7.73. The van der Waals surface area contributed by atoms with Gasteiger partial charge in [-0.25, -0.2) is 18.7 Å². The maximum absolute atomic E-state index is 14.6. The first-order valence-electron chi connectivity index (χ1n) is 13.9. The van der Waals surface area contributed by atoms with Crippen LogP contribution < -0.4 is 15.1 Å². The van der Waals surface area contributed by atoms with Crippen molar-refractivity contribution in [3.8, 4) is 12.1 Å². The van der Waals surface area contributed by atoms with Gasteiger partial charge in [0, 0.05) is 47.8 Å². The monoisotopic (exact) mass is 617 g/mol. The maximum atomic E-state index is 14.6. The number of carbonyl (C=O) groups is 3. The van der Waals surface area contributed by atoms with Crippen molar-refractivity contribution < 1.29 is 23.2 Å². The molecule has 2 aromatic carbocycles. The molecule has 2 fully saturated rings. The molecule has 44 heavy (non-hydrogen) atoms. The van der Waals surface area contributed by atoms with Crippen LogP contribution >= 0.6 is 11.6 Å². The van der Waals surface area contributed by atoms with Gasteiger partial charge in [-0.3, -0.25) is 24.2 Å². The Balaban J connectivity index is 1.61. The standard InChI is InChI=1S/C31H26ClF2N7O3/c32-24-7-2-1-6-23(24)27(28(43)38-20-10-13-31(33,34)14-11-20)40(22-5-3-4-19(16-22)17-35)29(44)25-8-9-26(42)41(25)30-37-15-12-21(18-36)39-30/h1-7,12,15-16,20,25,27H,8-11,13-14H2,(H,38,43)/t25?,27-/m0/s1. The van der Waals surface area contributed by atoms with E-state index in [0.717, 1.165) is 4.90 Å². The lowest BCUT2D eigenvalue weighted by Crippen LogP contribution is -2.53. The van der Waals surface area contributed by atoms with Gasteiger partial charge in [0.15, 0.2) is 0 Å². The Bertz CT molecular complexity index is 1680. The number of anilines is 2. The van der Waals surface area contributed by atoms with Crippen molar-refractivity contribution in [2.75, 3.05) is 9.80 Å². The van der Waals surface area contributed by atoms with Gasteiger partial charge in [0.2, 0.25) is 23.7 Å². The summed E-state index contributed by atoms with van der Waals surface area (Å²) >= 11 is 6.59. The van der Waals surface area contributed by atoms with Gasteiger partial charge in [-0.05, 0) is 49.6 Å². The second-order valence-electron chi connectivity index (χ2n) is 10.6. The normalized spacial score (nSPS) is 18.6. The molecule has 1 aliphatic heterocycles. The van der Waals surface area contributed by atoms with Gasteiger partial charge in [0.1, 0.15) is 23.8 Å². The summed E-state index contributed by atoms with van der Waals surface area (Å²) in [5, 5.41) is 22.0. The van der Waals surface area contributed by atoms with Crippen molar-refractivity contribution in [1.29, 1.82) is 10.5 Å². The van der Waals surface area contributed by atoms with Crippen molar-refractivity contribution in [3.63, 3.8) is 0 Å². The summed E-state index contributed by atoms with van der Waals surface area (Å²) in [7, 11) is 0. The minimum Gasteiger partial charge on any atom is -0.351 e. The lowest BCUT2D eigenvalue weighted by molar-refractivity contribution is -0.128. The molecule has 224 valence electrons. The van der Waals surface area contributed by atoms with Crippen molar-refractivity contribution in [2.24, 2.45) is 0 Å². The molecule has 2 aliphatic rings. The number of halogens is 3. The number of nitriles is 2. The van der Waals surface area contributed by atoms with Crippen LogP contribution in [0.1, 0.15) is 61.4 Å². The number of rotatable bonds is 7. The van der Waals surface area contributed by atoms with Gasteiger partial charge >= 0.3 is 0 Å². The van der Waals surface area contributed by atoms with Crippen molar-refractivity contribution in [1.82, 2.24) is 15.3 Å². The molecule has 13 heteroatoms. The molecule has 10 nitrogen and oxygen atoms in total. The predicted molar refractivity (Wildman–Crippen MR) is 155 cm³/mol. The molecule has 5 rings (SSSR count). The highest BCUT2D eigenvalue weighted by Gasteiger charge is 2.45. The second-order valence-corrected chi connectivity index (χ2v) is 11.0. The van der Waals surface area contributed by atoms with E-state index in [9.17, 15) is 33.7 Å². The molecule has 0 bridgehead atoms. The number of nitrogens with one attached hydrogen (secondary N) is 1. The molecule has 1 unspecified atom stereocenters. The molecule has 3 aromatic rings. The average Bonchev–Trinajstić information content (AvgIpc) is 3.42. The average molecular weight is 618 g/mol. The highest BCUT2D eigenvalue weighted by Crippen LogP contribution is 2.37. The van der Waals surface area contributed by atoms with Crippen LogP contribution in [0, 0.1) is 22.7 Å². The van der Waals surface area contributed by atoms with Crippen molar-refractivity contribution in [3.05, 3.63) is 82.6 Å². The van der Waals surface area contributed by atoms with Gasteiger partial charge in [-0.15, -0.1) is 0 Å². The summed E-state index contributed by atoms with van der Waals surface area (Å²) in [5.74, 6) is -4.76. The molecular formula is C31H26ClF2N7O3. The largest absolute Gasteiger partial charge is 0.351 e. The maximum Gasteiger partial charge on any atom is 0.251 e. The van der Waals surface area contributed by atoms with E-state index in [-0.39, 0.29) is 72.0 Å². The van der Waals surface area contributed by atoms with Crippen LogP contribution in [0.5, 0.6) is 0 Å². The van der Waals surface area contributed by atoms with Crippen LogP contribution in [0.4, 0.5) is 20.4 Å². The first-order chi connectivity index (χ1) is 21.1. The van der Waals surface area contributed by atoms with E-state index in [2.05, 4.69) is 15.3 Å². The topological polar surface area (TPSA) is 143 Å². The summed E-state index contributed by atoms with van der Waals surface area (Å²) in [5.41, 5.74) is 0.626. The first-order valence-corrected chi connectivity index (χ1v) is 14.3. The van der Waals surface area contributed by atoms with Crippen LogP contribution in [0.25, 0.3) is 0 Å². The van der Waals surface area contributed by atoms with E-state index < -0.39 is 41.8 Å². The Hall–Kier alpha value is -4.94. The van der Waals surface area contributed by atoms with Crippen LogP contribution in [-0.4, -0.2) is 45.7 Å². The quantitative estimate of drug-likeness (QED) is 0.400. The molecule has 0 radical (unpaired) electrons. The Kier molecular flexibility index (Phi) is 8.83. The number of aromatic nitrogens is 2. The van der Waals surface area contributed by atoms with Gasteiger partial charge in [-0.2, -0.15) is 10.5 Å². The minimum absolute atomic E-state index is 0.00847. The Morgan fingerprint density at radius 2 is 1.82 bits per heavy atom. The number of nitrogens with zero attached hydrogens (tertiary/aromatic N) is 6. The van der Waals surface area contributed by atoms with E-state index in [4.69, 9.17) is 11.6 Å². The first kappa shape index (κ1) is 30.5. The van der Waals surface area contributed by atoms with E-state index in [1.54, 1.807) is 36.4 Å². The number of hydrogen-bond acceptors (Lipinski definition) is 7. The molecule has 2 heterocycles. The lowest BCUT2D eigenvalue weighted by atomic mass is 9.91. The predicted octanol–water partition coefficient (Wildman–Crippen LogP) is 4.84. The number of benzene rings is 2. The summed E-state index contributed by atoms with van der Waals surface area (Å²) in [6.07, 6.45) is 0.649. The number of carbonyl (C=O) groups excluding carboxylic acids is 3. The number of alkyl halides is 2. The molecule has 1 saturated carbocycles. The van der Waals surface area contributed by atoms with E-state index in [1.165, 1.54) is 29.3 Å². The fourth-order valence-corrected chi connectivity index (χ4v) is 5.78. The highest BCUT2D eigenvalue weighted by atomic mass is 35.5. The molecule has 1 aromatic heterocycles. The molecule has 1 aliphatic carbocycles. The number of amides is 3. The van der Waals surface area contributed by atoms with Crippen LogP contribution in [0.2, 0.25) is 5.02 Å². The highest BCUT2D eigenvalue weighted by molar-refractivity contribution is 6.31. The van der Waals surface area contributed by atoms with E-state index >= 15 is 0 Å². The second kappa shape index (κ2) is 12.7. The summed E-state index contributed by atoms with van der Waals surface area (Å²) in [6, 6.07) is 14.6. The summed E-state index contributed by atoms with van der Waals surface area (Å²) in [4.78, 5) is 52.4. The summed E-state index contributed by atoms with van der Waals surface area (Å²) in [6.45, 7) is 0. The van der Waals surface area contributed by atoms with Gasteiger partial charge in [-0.1, -0.05) is 35.9 Å². The van der Waals surface area contributed by atoms with E-state index in [0.29, 0.717) is 0 Å². The molecule has 2 atom stereocenters. The third kappa shape index (κ3) is 6.36. The van der Waals surface area contributed by atoms with Crippen molar-refractivity contribution >= 4 is 41.0 Å². The zero-order valence-electron chi connectivity index (χ0n) is 23.3. The third-order valence-corrected chi connectivity index (χ3v) is 8.07. The van der Waals surface area contributed by atoms with E-state index in [1.807, 2.05) is 12.1 Å². The molecule has 1 N–H and O–H groups in total. The van der Waals surface area contributed by atoms with Crippen LogP contribution in [-0.2, 0) is 14.4 Å². The Morgan fingerprint density at radius 1 is 1.07 bits per heavy atom. The minimum atomic E-state index is -2.81. The SMILES string of the molecule is N#Cc1cccc(N(C(=O)C2CCC(=O)N2c2nccc(C#N)n2)[C@H](C(=O)NC2CCC(F)(F)CC2)c2ccccc2Cl)c1. The molecule has 3 amide bonds. The molecule has 0 spiro atoms. The Morgan fingerprint density at radius 3 is 2.52 bits per heavy atom. The summed E-state index contributed by atoms with van der Waals surface area (Å²) < 4.78 is 27.8. The van der Waals surface area contributed by atoms with Gasteiger partial charge < -0.3 is 5.32 Å². The Labute approximate surface area is 256 Å². The van der Waals surface area contributed by atoms with Crippen LogP contribution in [0.3, 0.4) is 0 Å². The fraction of sp³-hybridized carbons (Fsp3) is 0.323. The van der Waals surface area contributed by atoms with Gasteiger partial charge in [0.25, 0.3) is 5.91 Å². The lowest BCUT2D eigenvalue weighted by Gasteiger charge is -2.37. The van der Waals surface area contributed by atoms with Crippen molar-refractivity contribution in [2.45, 2.75) is 62.6 Å². The smallest absolute Gasteiger partial charge is 0.251 e. The molecule has 1 saturated heterocycles. The molecular weight excluding hydrogens is 592 g/mol.